The van der Waals surface area contributed by atoms with Gasteiger partial charge >= 0.3 is 0 Å². The van der Waals surface area contributed by atoms with Crippen molar-refractivity contribution in [2.45, 2.75) is 144 Å². The Morgan fingerprint density at radius 1 is 0.638 bits per heavy atom. The largest absolute Gasteiger partial charge is 0.394 e. The zero-order chi connectivity index (χ0) is 50.8. The number of ether oxygens (including phenoxy) is 13. The summed E-state index contributed by atoms with van der Waals surface area (Å²) in [5, 5.41) is 111. The van der Waals surface area contributed by atoms with Gasteiger partial charge in [0.2, 0.25) is 11.8 Å². The highest BCUT2D eigenvalue weighted by Crippen LogP contribution is 2.38. The van der Waals surface area contributed by atoms with Crippen molar-refractivity contribution in [3.05, 3.63) is 0 Å². The number of hydrogen-bond acceptors (Lipinski definition) is 25. The lowest BCUT2D eigenvalue weighted by atomic mass is 9.91. The van der Waals surface area contributed by atoms with E-state index in [1.807, 2.05) is 0 Å². The molecule has 0 saturated carbocycles. The second-order valence-corrected chi connectivity index (χ2v) is 16.4. The zero-order valence-electron chi connectivity index (χ0n) is 39.6. The molecule has 3 heterocycles. The number of unbranched alkanes of at least 4 members (excludes halogenated alkanes) is 2. The van der Waals surface area contributed by atoms with Crippen LogP contribution in [0.2, 0.25) is 0 Å². The van der Waals surface area contributed by atoms with Gasteiger partial charge in [0.1, 0.15) is 73.9 Å². The number of nitrogens with one attached hydrogen (secondary N) is 2. The molecule has 2 amide bonds. The van der Waals surface area contributed by atoms with Crippen LogP contribution in [-0.2, 0) is 71.2 Å². The Hall–Kier alpha value is -1.98. The number of carbonyl (C=O) groups excluding carboxylic acids is 2. The molecule has 0 aliphatic carbocycles. The summed E-state index contributed by atoms with van der Waals surface area (Å²) in [5.41, 5.74) is 0. The molecule has 0 aromatic rings. The zero-order valence-corrected chi connectivity index (χ0v) is 39.6. The number of aliphatic hydroxyl groups is 10. The molecule has 3 fully saturated rings. The summed E-state index contributed by atoms with van der Waals surface area (Å²) in [6.45, 7) is 5.07. The van der Waals surface area contributed by atoms with E-state index in [0.717, 1.165) is 39.7 Å². The molecule has 0 aromatic carbocycles. The molecule has 3 saturated heterocycles. The van der Waals surface area contributed by atoms with Gasteiger partial charge in [0, 0.05) is 20.5 Å². The molecule has 27 nitrogen and oxygen atoms in total. The summed E-state index contributed by atoms with van der Waals surface area (Å²) >= 11 is 0. The summed E-state index contributed by atoms with van der Waals surface area (Å²) in [5.74, 6) is -3.99. The highest BCUT2D eigenvalue weighted by atomic mass is 16.9. The molecule has 0 aromatic heterocycles. The SMILES string of the molecule is CCCCCOCCOCCOCCOCCOCCOCCO[C@@H]1OC(CO)[C@H](O[C@@H]2OC(CO)[C@H](O)[C@H](OC3(OCO)CC(O)C(NC(C)=O)C([C@H](O)[C@H](O)CO)O3)C2O)[C@H](O)C1NC(C)=O. The van der Waals surface area contributed by atoms with Crippen LogP contribution in [0.5, 0.6) is 0 Å². The lowest BCUT2D eigenvalue weighted by molar-refractivity contribution is -0.467. The van der Waals surface area contributed by atoms with Crippen molar-refractivity contribution in [3.63, 3.8) is 0 Å². The molecule has 16 atom stereocenters. The maximum atomic E-state index is 12.3. The molecule has 0 spiro atoms. The second kappa shape index (κ2) is 33.7. The van der Waals surface area contributed by atoms with Crippen molar-refractivity contribution >= 4 is 11.8 Å². The molecular formula is C42H78N2O25. The van der Waals surface area contributed by atoms with E-state index in [9.17, 15) is 60.7 Å². The van der Waals surface area contributed by atoms with Crippen LogP contribution in [0.3, 0.4) is 0 Å². The Bertz CT molecular complexity index is 1380. The van der Waals surface area contributed by atoms with Crippen molar-refractivity contribution in [3.8, 4) is 0 Å². The number of aliphatic hydroxyl groups excluding tert-OH is 10. The summed E-state index contributed by atoms with van der Waals surface area (Å²) in [7, 11) is 0. The van der Waals surface area contributed by atoms with E-state index in [4.69, 9.17) is 61.6 Å². The third kappa shape index (κ3) is 20.5. The predicted molar refractivity (Wildman–Crippen MR) is 230 cm³/mol. The van der Waals surface area contributed by atoms with Crippen LogP contribution >= 0.6 is 0 Å². The Balaban J connectivity index is 1.51. The van der Waals surface area contributed by atoms with E-state index in [-0.39, 0.29) is 26.4 Å². The minimum absolute atomic E-state index is 0.0333. The number of carbonyl (C=O) groups is 2. The molecular weight excluding hydrogens is 932 g/mol. The van der Waals surface area contributed by atoms with Gasteiger partial charge in [-0.2, -0.15) is 0 Å². The third-order valence-corrected chi connectivity index (χ3v) is 11.0. The summed E-state index contributed by atoms with van der Waals surface area (Å²) in [6, 6.07) is -2.80. The summed E-state index contributed by atoms with van der Waals surface area (Å²) in [4.78, 5) is 24.3. The standard InChI is InChI=1S/C42H78N2O25/c1-4-5-6-7-57-8-9-58-10-11-59-12-13-60-14-15-61-16-17-62-18-19-63-40-32(44-26(3)50)35(55)37(30(23-47)66-40)67-41-36(56)39(34(54)29(22-46)65-41)69-42(64-24-48)20-27(51)31(43-25(2)49)38(68-42)33(53)28(52)21-45/h27-41,45-48,51-56H,4-24H2,1-3H3,(H,43,49)(H,44,50)/t27?,28-,29?,30?,31?,32?,33-,34+,35-,36?,37+,38?,39+,40-,41+,42?/m1/s1. The quantitative estimate of drug-likeness (QED) is 0.0205. The van der Waals surface area contributed by atoms with Gasteiger partial charge in [-0.3, -0.25) is 9.59 Å². The molecule has 12 N–H and O–H groups in total. The summed E-state index contributed by atoms with van der Waals surface area (Å²) in [6.07, 6.45) is -20.6. The van der Waals surface area contributed by atoms with E-state index in [0.29, 0.717) is 52.9 Å². The van der Waals surface area contributed by atoms with Gasteiger partial charge in [0.15, 0.2) is 12.6 Å². The first-order valence-electron chi connectivity index (χ1n) is 23.3. The molecule has 3 rings (SSSR count). The molecule has 3 aliphatic rings. The van der Waals surface area contributed by atoms with Crippen molar-refractivity contribution in [2.24, 2.45) is 0 Å². The van der Waals surface area contributed by atoms with Gasteiger partial charge in [-0.05, 0) is 6.42 Å². The smallest absolute Gasteiger partial charge is 0.288 e. The monoisotopic (exact) mass is 1010 g/mol. The van der Waals surface area contributed by atoms with Crippen LogP contribution in [-0.4, -0.2) is 273 Å². The van der Waals surface area contributed by atoms with Crippen LogP contribution in [0.4, 0.5) is 0 Å². The van der Waals surface area contributed by atoms with Crippen LogP contribution in [0.15, 0.2) is 0 Å². The van der Waals surface area contributed by atoms with Crippen LogP contribution in [0.25, 0.3) is 0 Å². The maximum absolute atomic E-state index is 12.3. The Kier molecular flexibility index (Phi) is 29.9. The summed E-state index contributed by atoms with van der Waals surface area (Å²) < 4.78 is 73.3. The van der Waals surface area contributed by atoms with Crippen LogP contribution < -0.4 is 10.6 Å². The Morgan fingerprint density at radius 3 is 1.64 bits per heavy atom. The molecule has 3 aliphatic heterocycles. The van der Waals surface area contributed by atoms with E-state index in [1.165, 1.54) is 0 Å². The van der Waals surface area contributed by atoms with Gasteiger partial charge in [0.25, 0.3) is 5.97 Å². The minimum atomic E-state index is -2.68. The number of hydrogen-bond donors (Lipinski definition) is 12. The van der Waals surface area contributed by atoms with Crippen LogP contribution in [0.1, 0.15) is 46.5 Å². The average Bonchev–Trinajstić information content (AvgIpc) is 3.32. The number of amides is 2. The number of rotatable bonds is 36. The van der Waals surface area contributed by atoms with Crippen molar-refractivity contribution in [2.75, 3.05) is 113 Å². The Labute approximate surface area is 401 Å². The van der Waals surface area contributed by atoms with Gasteiger partial charge in [-0.15, -0.1) is 0 Å². The topological polar surface area (TPSA) is 380 Å². The molecule has 69 heavy (non-hydrogen) atoms. The molecule has 0 radical (unpaired) electrons. The second-order valence-electron chi connectivity index (χ2n) is 16.4. The van der Waals surface area contributed by atoms with E-state index in [1.54, 1.807) is 0 Å². The lowest BCUT2D eigenvalue weighted by Gasteiger charge is -2.51. The van der Waals surface area contributed by atoms with Gasteiger partial charge < -0.3 is 123 Å². The average molecular weight is 1010 g/mol. The predicted octanol–water partition coefficient (Wildman–Crippen LogP) is -5.93. The molecule has 27 heteroatoms. The molecule has 406 valence electrons. The first kappa shape index (κ1) is 61.3. The first-order valence-corrected chi connectivity index (χ1v) is 23.3. The van der Waals surface area contributed by atoms with E-state index in [2.05, 4.69) is 17.6 Å². The van der Waals surface area contributed by atoms with Crippen LogP contribution in [0, 0.1) is 0 Å². The lowest BCUT2D eigenvalue weighted by Crippen LogP contribution is -2.70. The van der Waals surface area contributed by atoms with Crippen molar-refractivity contribution in [1.82, 2.24) is 10.6 Å². The highest BCUT2D eigenvalue weighted by Gasteiger charge is 2.58. The highest BCUT2D eigenvalue weighted by molar-refractivity contribution is 5.73. The van der Waals surface area contributed by atoms with E-state index < -0.39 is 143 Å². The maximum Gasteiger partial charge on any atom is 0.288 e. The van der Waals surface area contributed by atoms with Gasteiger partial charge in [0.05, 0.1) is 118 Å². The van der Waals surface area contributed by atoms with E-state index >= 15 is 0 Å². The van der Waals surface area contributed by atoms with Crippen molar-refractivity contribution < 1.29 is 122 Å². The fraction of sp³-hybridized carbons (Fsp3) is 0.952. The van der Waals surface area contributed by atoms with Gasteiger partial charge in [-0.25, -0.2) is 0 Å². The fourth-order valence-corrected chi connectivity index (χ4v) is 7.57. The first-order chi connectivity index (χ1) is 33.2. The minimum Gasteiger partial charge on any atom is -0.394 e. The normalized spacial score (nSPS) is 32.7. The van der Waals surface area contributed by atoms with Crippen molar-refractivity contribution in [1.29, 1.82) is 0 Å². The Morgan fingerprint density at radius 2 is 1.14 bits per heavy atom. The van der Waals surface area contributed by atoms with Gasteiger partial charge in [-0.1, -0.05) is 19.8 Å². The molecule has 0 bridgehead atoms. The fourth-order valence-electron chi connectivity index (χ4n) is 7.57. The third-order valence-electron chi connectivity index (χ3n) is 11.0. The molecule has 8 unspecified atom stereocenters.